The van der Waals surface area contributed by atoms with Crippen LogP contribution in [0, 0.1) is 5.92 Å². The fourth-order valence-electron chi connectivity index (χ4n) is 2.29. The predicted molar refractivity (Wildman–Crippen MR) is 70.2 cm³/mol. The summed E-state index contributed by atoms with van der Waals surface area (Å²) in [6.45, 7) is 0.429. The molecule has 0 bridgehead atoms. The first-order chi connectivity index (χ1) is 8.66. The van der Waals surface area contributed by atoms with Crippen LogP contribution in [0.5, 0.6) is 0 Å². The summed E-state index contributed by atoms with van der Waals surface area (Å²) in [4.78, 5) is 26.4. The van der Waals surface area contributed by atoms with Crippen molar-refractivity contribution in [3.8, 4) is 0 Å². The van der Waals surface area contributed by atoms with E-state index in [-0.39, 0.29) is 11.7 Å². The minimum atomic E-state index is -0.403. The van der Waals surface area contributed by atoms with Crippen LogP contribution in [0.4, 0.5) is 0 Å². The molecule has 0 aromatic carbocycles. The third kappa shape index (κ3) is 1.82. The average Bonchev–Trinajstić information content (AvgIpc) is 2.88. The highest BCUT2D eigenvalue weighted by atomic mass is 35.5. The number of rotatable bonds is 2. The van der Waals surface area contributed by atoms with Gasteiger partial charge < -0.3 is 4.90 Å². The zero-order chi connectivity index (χ0) is 12.7. The number of nitrogens with zero attached hydrogens (tertiary/aromatic N) is 1. The SMILES string of the molecule is O=C1C(=O)N(Cc2ccc(Cl)s2)C2=CC=CCC12. The maximum atomic E-state index is 12.0. The van der Waals surface area contributed by atoms with Crippen LogP contribution in [0.2, 0.25) is 4.34 Å². The Labute approximate surface area is 113 Å². The molecule has 1 aliphatic carbocycles. The van der Waals surface area contributed by atoms with Crippen LogP contribution in [0.15, 0.2) is 36.1 Å². The molecule has 0 N–H and O–H groups in total. The number of hydrogen-bond donors (Lipinski definition) is 0. The lowest BCUT2D eigenvalue weighted by Gasteiger charge is -2.19. The number of thiophene rings is 1. The molecule has 5 heteroatoms. The smallest absolute Gasteiger partial charge is 0.295 e. The molecule has 92 valence electrons. The third-order valence-electron chi connectivity index (χ3n) is 3.16. The van der Waals surface area contributed by atoms with Gasteiger partial charge in [-0.25, -0.2) is 0 Å². The third-order valence-corrected chi connectivity index (χ3v) is 4.37. The Morgan fingerprint density at radius 3 is 2.94 bits per heavy atom. The Morgan fingerprint density at radius 2 is 2.22 bits per heavy atom. The first-order valence-corrected chi connectivity index (χ1v) is 6.83. The van der Waals surface area contributed by atoms with E-state index in [1.165, 1.54) is 11.3 Å². The molecule has 1 amide bonds. The van der Waals surface area contributed by atoms with Gasteiger partial charge in [0, 0.05) is 10.6 Å². The van der Waals surface area contributed by atoms with Crippen LogP contribution in [-0.4, -0.2) is 16.6 Å². The van der Waals surface area contributed by atoms with E-state index in [0.29, 0.717) is 17.3 Å². The normalized spacial score (nSPS) is 22.4. The van der Waals surface area contributed by atoms with E-state index in [1.807, 2.05) is 24.3 Å². The number of ketones is 1. The summed E-state index contributed by atoms with van der Waals surface area (Å²) in [5, 5.41) is 0. The van der Waals surface area contributed by atoms with Gasteiger partial charge in [-0.1, -0.05) is 23.8 Å². The van der Waals surface area contributed by atoms with Crippen LogP contribution in [0.25, 0.3) is 0 Å². The number of carbonyl (C=O) groups excluding carboxylic acids is 2. The van der Waals surface area contributed by atoms with E-state index in [0.717, 1.165) is 10.6 Å². The fourth-order valence-corrected chi connectivity index (χ4v) is 3.37. The largest absolute Gasteiger partial charge is 0.304 e. The monoisotopic (exact) mass is 279 g/mol. The number of halogens is 1. The van der Waals surface area contributed by atoms with E-state index in [2.05, 4.69) is 0 Å². The quantitative estimate of drug-likeness (QED) is 0.781. The van der Waals surface area contributed by atoms with Crippen molar-refractivity contribution in [1.29, 1.82) is 0 Å². The van der Waals surface area contributed by atoms with Crippen molar-refractivity contribution in [2.24, 2.45) is 5.92 Å². The van der Waals surface area contributed by atoms with Crippen molar-refractivity contribution >= 4 is 34.6 Å². The molecular weight excluding hydrogens is 270 g/mol. The van der Waals surface area contributed by atoms with E-state index >= 15 is 0 Å². The van der Waals surface area contributed by atoms with Crippen LogP contribution >= 0.6 is 22.9 Å². The van der Waals surface area contributed by atoms with Crippen molar-refractivity contribution < 1.29 is 9.59 Å². The van der Waals surface area contributed by atoms with Crippen molar-refractivity contribution in [3.63, 3.8) is 0 Å². The van der Waals surface area contributed by atoms with Crippen molar-refractivity contribution in [2.75, 3.05) is 0 Å². The van der Waals surface area contributed by atoms with Crippen molar-refractivity contribution in [2.45, 2.75) is 13.0 Å². The van der Waals surface area contributed by atoms with Gasteiger partial charge in [0.1, 0.15) is 0 Å². The second-order valence-corrected chi connectivity index (χ2v) is 6.07. The second-order valence-electron chi connectivity index (χ2n) is 4.27. The highest BCUT2D eigenvalue weighted by molar-refractivity contribution is 7.16. The molecule has 1 aromatic heterocycles. The topological polar surface area (TPSA) is 37.4 Å². The van der Waals surface area contributed by atoms with Crippen LogP contribution in [-0.2, 0) is 16.1 Å². The predicted octanol–water partition coefficient (Wildman–Crippen LogP) is 2.77. The van der Waals surface area contributed by atoms with E-state index in [1.54, 1.807) is 11.0 Å². The molecule has 1 unspecified atom stereocenters. The number of likely N-dealkylation sites (tertiary alicyclic amines) is 1. The standard InChI is InChI=1S/C13H10ClNO2S/c14-11-6-5-8(18-11)7-15-10-4-2-1-3-9(10)12(16)13(15)17/h1-2,4-6,9H,3,7H2. The molecule has 1 saturated heterocycles. The highest BCUT2D eigenvalue weighted by Gasteiger charge is 2.43. The first-order valence-electron chi connectivity index (χ1n) is 5.63. The summed E-state index contributed by atoms with van der Waals surface area (Å²) in [6.07, 6.45) is 6.29. The van der Waals surface area contributed by atoms with Gasteiger partial charge in [0.25, 0.3) is 5.91 Å². The summed E-state index contributed by atoms with van der Waals surface area (Å²) >= 11 is 7.30. The summed E-state index contributed by atoms with van der Waals surface area (Å²) < 4.78 is 0.692. The number of fused-ring (bicyclic) bond motifs is 1. The lowest BCUT2D eigenvalue weighted by Crippen LogP contribution is -2.25. The zero-order valence-corrected chi connectivity index (χ0v) is 11.0. The minimum Gasteiger partial charge on any atom is -0.304 e. The molecule has 18 heavy (non-hydrogen) atoms. The van der Waals surface area contributed by atoms with Gasteiger partial charge in [0.2, 0.25) is 5.78 Å². The van der Waals surface area contributed by atoms with Crippen molar-refractivity contribution in [1.82, 2.24) is 4.90 Å². The Bertz CT molecular complexity index is 588. The number of hydrogen-bond acceptors (Lipinski definition) is 3. The molecule has 0 radical (unpaired) electrons. The summed E-state index contributed by atoms with van der Waals surface area (Å²) in [6, 6.07) is 3.69. The summed E-state index contributed by atoms with van der Waals surface area (Å²) in [5.74, 6) is -0.981. The molecule has 1 aromatic rings. The Hall–Kier alpha value is -1.39. The summed E-state index contributed by atoms with van der Waals surface area (Å²) in [7, 11) is 0. The molecule has 1 fully saturated rings. The number of Topliss-reactive ketones (excluding diaryl/α,β-unsaturated/α-hetero) is 1. The van der Waals surface area contributed by atoms with Crippen LogP contribution < -0.4 is 0 Å². The van der Waals surface area contributed by atoms with Gasteiger partial charge in [-0.05, 0) is 24.6 Å². The molecule has 3 rings (SSSR count). The molecular formula is C13H10ClNO2S. The van der Waals surface area contributed by atoms with Gasteiger partial charge in [0.05, 0.1) is 16.8 Å². The van der Waals surface area contributed by atoms with Gasteiger partial charge in [0.15, 0.2) is 0 Å². The van der Waals surface area contributed by atoms with Gasteiger partial charge in [-0.2, -0.15) is 0 Å². The molecule has 2 aliphatic rings. The molecule has 0 saturated carbocycles. The lowest BCUT2D eigenvalue weighted by atomic mass is 9.96. The van der Waals surface area contributed by atoms with E-state index < -0.39 is 5.91 Å². The molecule has 0 spiro atoms. The van der Waals surface area contributed by atoms with Crippen molar-refractivity contribution in [3.05, 3.63) is 45.3 Å². The van der Waals surface area contributed by atoms with Gasteiger partial charge in [-0.15, -0.1) is 11.3 Å². The minimum absolute atomic E-state index is 0.280. The molecule has 1 aliphatic heterocycles. The molecule has 2 heterocycles. The van der Waals surface area contributed by atoms with E-state index in [9.17, 15) is 9.59 Å². The maximum Gasteiger partial charge on any atom is 0.295 e. The Morgan fingerprint density at radius 1 is 1.39 bits per heavy atom. The van der Waals surface area contributed by atoms with Crippen LogP contribution in [0.1, 0.15) is 11.3 Å². The van der Waals surface area contributed by atoms with Gasteiger partial charge >= 0.3 is 0 Å². The maximum absolute atomic E-state index is 12.0. The van der Waals surface area contributed by atoms with Gasteiger partial charge in [-0.3, -0.25) is 9.59 Å². The Kier molecular flexibility index (Phi) is 2.84. The van der Waals surface area contributed by atoms with E-state index in [4.69, 9.17) is 11.6 Å². The Balaban J connectivity index is 1.90. The average molecular weight is 280 g/mol. The van der Waals surface area contributed by atoms with Crippen LogP contribution in [0.3, 0.4) is 0 Å². The lowest BCUT2D eigenvalue weighted by molar-refractivity contribution is -0.140. The first kappa shape index (κ1) is 11.7. The number of allylic oxidation sites excluding steroid dienone is 4. The summed E-state index contributed by atoms with van der Waals surface area (Å²) in [5.41, 5.74) is 0.817. The zero-order valence-electron chi connectivity index (χ0n) is 9.43. The number of carbonyl (C=O) groups is 2. The molecule has 3 nitrogen and oxygen atoms in total. The second kappa shape index (κ2) is 4.37. The highest BCUT2D eigenvalue weighted by Crippen LogP contribution is 2.34. The number of amides is 1. The molecule has 1 atom stereocenters. The fraction of sp³-hybridized carbons (Fsp3) is 0.231.